The Bertz CT molecular complexity index is 248. The summed E-state index contributed by atoms with van der Waals surface area (Å²) in [5, 5.41) is 0. The molecule has 0 saturated carbocycles. The summed E-state index contributed by atoms with van der Waals surface area (Å²) in [6.45, 7) is 4.44. The van der Waals surface area contributed by atoms with Crippen molar-refractivity contribution in [3.05, 3.63) is 11.6 Å². The lowest BCUT2D eigenvalue weighted by atomic mass is 10.1. The van der Waals surface area contributed by atoms with Crippen LogP contribution in [0.25, 0.3) is 0 Å². The van der Waals surface area contributed by atoms with Crippen molar-refractivity contribution in [2.75, 3.05) is 26.2 Å². The molecule has 0 radical (unpaired) electrons. The Hall–Kier alpha value is -0.550. The minimum Gasteiger partial charge on any atom is -0.330 e. The maximum absolute atomic E-state index is 12.3. The first-order chi connectivity index (χ1) is 7.43. The van der Waals surface area contributed by atoms with Crippen molar-refractivity contribution in [1.82, 2.24) is 4.90 Å². The van der Waals surface area contributed by atoms with Gasteiger partial charge < -0.3 is 5.73 Å². The highest BCUT2D eigenvalue weighted by molar-refractivity contribution is 5.12. The zero-order valence-corrected chi connectivity index (χ0v) is 9.56. The van der Waals surface area contributed by atoms with Gasteiger partial charge in [0.25, 0.3) is 0 Å². The van der Waals surface area contributed by atoms with Crippen molar-refractivity contribution in [2.45, 2.75) is 25.9 Å². The maximum Gasteiger partial charge on any atom is 0.412 e. The molecule has 0 spiro atoms. The number of rotatable bonds is 4. The van der Waals surface area contributed by atoms with E-state index in [1.54, 1.807) is 0 Å². The van der Waals surface area contributed by atoms with Gasteiger partial charge in [0.2, 0.25) is 0 Å². The molecule has 2 N–H and O–H groups in total. The fourth-order valence-electron chi connectivity index (χ4n) is 1.69. The molecule has 1 heterocycles. The van der Waals surface area contributed by atoms with E-state index in [-0.39, 0.29) is 12.0 Å². The Morgan fingerprint density at radius 3 is 2.62 bits per heavy atom. The van der Waals surface area contributed by atoms with E-state index in [2.05, 4.69) is 6.92 Å². The molecule has 0 aromatic heterocycles. The SMILES string of the molecule is CC(CN)CCN1CC=C(C(F)(F)F)CC1. The molecule has 94 valence electrons. The Morgan fingerprint density at radius 2 is 2.19 bits per heavy atom. The molecule has 0 bridgehead atoms. The highest BCUT2D eigenvalue weighted by atomic mass is 19.4. The van der Waals surface area contributed by atoms with E-state index in [4.69, 9.17) is 5.73 Å². The molecule has 0 fully saturated rings. The van der Waals surface area contributed by atoms with Crippen LogP contribution in [0.4, 0.5) is 13.2 Å². The number of nitrogens with two attached hydrogens (primary N) is 1. The van der Waals surface area contributed by atoms with Crippen molar-refractivity contribution >= 4 is 0 Å². The minimum absolute atomic E-state index is 0.112. The average molecular weight is 236 g/mol. The maximum atomic E-state index is 12.3. The van der Waals surface area contributed by atoms with Crippen molar-refractivity contribution < 1.29 is 13.2 Å². The quantitative estimate of drug-likeness (QED) is 0.758. The summed E-state index contributed by atoms with van der Waals surface area (Å²) in [4.78, 5) is 2.04. The summed E-state index contributed by atoms with van der Waals surface area (Å²) in [5.41, 5.74) is 5.11. The standard InChI is InChI=1S/C11H19F3N2/c1-9(8-15)2-5-16-6-3-10(4-7-16)11(12,13)14/h3,9H,2,4-8,15H2,1H3. The molecular formula is C11H19F3N2. The van der Waals surface area contributed by atoms with Gasteiger partial charge in [0.05, 0.1) is 0 Å². The zero-order valence-electron chi connectivity index (χ0n) is 9.56. The van der Waals surface area contributed by atoms with Crippen molar-refractivity contribution in [2.24, 2.45) is 11.7 Å². The number of hydrogen-bond acceptors (Lipinski definition) is 2. The predicted octanol–water partition coefficient (Wildman–Crippen LogP) is 2.17. The van der Waals surface area contributed by atoms with Gasteiger partial charge in [0.15, 0.2) is 0 Å². The lowest BCUT2D eigenvalue weighted by molar-refractivity contribution is -0.0960. The first kappa shape index (κ1) is 13.5. The van der Waals surface area contributed by atoms with Crippen molar-refractivity contribution in [3.8, 4) is 0 Å². The van der Waals surface area contributed by atoms with Crippen LogP contribution >= 0.6 is 0 Å². The number of hydrogen-bond donors (Lipinski definition) is 1. The van der Waals surface area contributed by atoms with Crippen molar-refractivity contribution in [3.63, 3.8) is 0 Å². The Labute approximate surface area is 94.3 Å². The van der Waals surface area contributed by atoms with Crippen LogP contribution in [0.5, 0.6) is 0 Å². The van der Waals surface area contributed by atoms with Crippen LogP contribution in [-0.2, 0) is 0 Å². The Kier molecular flexibility index (Phi) is 4.80. The van der Waals surface area contributed by atoms with Crippen LogP contribution < -0.4 is 5.73 Å². The first-order valence-electron chi connectivity index (χ1n) is 5.62. The summed E-state index contributed by atoms with van der Waals surface area (Å²) < 4.78 is 37.0. The highest BCUT2D eigenvalue weighted by Gasteiger charge is 2.34. The minimum atomic E-state index is -4.14. The lowest BCUT2D eigenvalue weighted by Gasteiger charge is -2.27. The van der Waals surface area contributed by atoms with Gasteiger partial charge in [-0.25, -0.2) is 0 Å². The van der Waals surface area contributed by atoms with Gasteiger partial charge in [-0.05, 0) is 31.8 Å². The van der Waals surface area contributed by atoms with E-state index in [1.165, 1.54) is 6.08 Å². The van der Waals surface area contributed by atoms with Crippen LogP contribution in [0.1, 0.15) is 19.8 Å². The molecule has 0 aliphatic carbocycles. The normalized spacial score (nSPS) is 20.7. The molecule has 2 nitrogen and oxygen atoms in total. The second-order valence-corrected chi connectivity index (χ2v) is 4.41. The summed E-state index contributed by atoms with van der Waals surface area (Å²) >= 11 is 0. The van der Waals surface area contributed by atoms with E-state index in [1.807, 2.05) is 4.90 Å². The number of alkyl halides is 3. The van der Waals surface area contributed by atoms with Gasteiger partial charge in [-0.3, -0.25) is 4.90 Å². The molecule has 1 rings (SSSR count). The van der Waals surface area contributed by atoms with Crippen LogP contribution in [0, 0.1) is 5.92 Å². The fourth-order valence-corrected chi connectivity index (χ4v) is 1.69. The Morgan fingerprint density at radius 1 is 1.50 bits per heavy atom. The third-order valence-electron chi connectivity index (χ3n) is 3.00. The monoisotopic (exact) mass is 236 g/mol. The van der Waals surface area contributed by atoms with E-state index < -0.39 is 6.18 Å². The molecule has 1 unspecified atom stereocenters. The molecule has 0 aromatic carbocycles. The molecule has 1 atom stereocenters. The fraction of sp³-hybridized carbons (Fsp3) is 0.818. The van der Waals surface area contributed by atoms with Gasteiger partial charge in [-0.1, -0.05) is 13.0 Å². The molecule has 1 aliphatic rings. The predicted molar refractivity (Wildman–Crippen MR) is 58.0 cm³/mol. The largest absolute Gasteiger partial charge is 0.412 e. The molecular weight excluding hydrogens is 217 g/mol. The van der Waals surface area contributed by atoms with Crippen LogP contribution in [-0.4, -0.2) is 37.3 Å². The molecule has 16 heavy (non-hydrogen) atoms. The second kappa shape index (κ2) is 5.68. The summed E-state index contributed by atoms with van der Waals surface area (Å²) in [6, 6.07) is 0. The van der Waals surface area contributed by atoms with Gasteiger partial charge in [0.1, 0.15) is 0 Å². The number of halogens is 3. The highest BCUT2D eigenvalue weighted by Crippen LogP contribution is 2.30. The van der Waals surface area contributed by atoms with Crippen LogP contribution in [0.3, 0.4) is 0 Å². The summed E-state index contributed by atoms with van der Waals surface area (Å²) in [5.74, 6) is 0.438. The topological polar surface area (TPSA) is 29.3 Å². The molecule has 1 aliphatic heterocycles. The van der Waals surface area contributed by atoms with Crippen LogP contribution in [0.15, 0.2) is 11.6 Å². The average Bonchev–Trinajstić information content (AvgIpc) is 2.25. The van der Waals surface area contributed by atoms with E-state index in [0.29, 0.717) is 25.6 Å². The van der Waals surface area contributed by atoms with Gasteiger partial charge in [0, 0.05) is 18.7 Å². The number of nitrogens with zero attached hydrogens (tertiary/aromatic N) is 1. The Balaban J connectivity index is 2.34. The van der Waals surface area contributed by atoms with Crippen molar-refractivity contribution in [1.29, 1.82) is 0 Å². The molecule has 5 heteroatoms. The van der Waals surface area contributed by atoms with Gasteiger partial charge in [-0.2, -0.15) is 13.2 Å². The second-order valence-electron chi connectivity index (χ2n) is 4.41. The third kappa shape index (κ3) is 4.14. The third-order valence-corrected chi connectivity index (χ3v) is 3.00. The van der Waals surface area contributed by atoms with E-state index in [9.17, 15) is 13.2 Å². The van der Waals surface area contributed by atoms with Gasteiger partial charge in [-0.15, -0.1) is 0 Å². The molecule has 0 amide bonds. The first-order valence-corrected chi connectivity index (χ1v) is 5.62. The van der Waals surface area contributed by atoms with Gasteiger partial charge >= 0.3 is 6.18 Å². The lowest BCUT2D eigenvalue weighted by Crippen LogP contribution is -2.33. The zero-order chi connectivity index (χ0) is 12.2. The molecule has 0 aromatic rings. The van der Waals surface area contributed by atoms with E-state index >= 15 is 0 Å². The molecule has 0 saturated heterocycles. The van der Waals surface area contributed by atoms with E-state index in [0.717, 1.165) is 13.0 Å². The smallest absolute Gasteiger partial charge is 0.330 e. The van der Waals surface area contributed by atoms with Crippen LogP contribution in [0.2, 0.25) is 0 Å². The summed E-state index contributed by atoms with van der Waals surface area (Å²) in [7, 11) is 0. The summed E-state index contributed by atoms with van der Waals surface area (Å²) in [6.07, 6.45) is -1.78.